The van der Waals surface area contributed by atoms with Crippen LogP contribution in [-0.2, 0) is 0 Å². The van der Waals surface area contributed by atoms with Gasteiger partial charge in [-0.25, -0.2) is 4.99 Å². The first-order valence-electron chi connectivity index (χ1n) is 8.13. The molecule has 0 bridgehead atoms. The van der Waals surface area contributed by atoms with Crippen LogP contribution in [0.15, 0.2) is 47.5 Å². The van der Waals surface area contributed by atoms with Gasteiger partial charge in [-0.05, 0) is 42.8 Å². The van der Waals surface area contributed by atoms with Gasteiger partial charge in [-0.2, -0.15) is 0 Å². The number of amidine groups is 1. The highest BCUT2D eigenvalue weighted by atomic mass is 35.5. The summed E-state index contributed by atoms with van der Waals surface area (Å²) < 4.78 is 10.6. The highest BCUT2D eigenvalue weighted by Crippen LogP contribution is 2.32. The molecule has 0 spiro atoms. The van der Waals surface area contributed by atoms with E-state index in [1.165, 1.54) is 0 Å². The van der Waals surface area contributed by atoms with Crippen LogP contribution in [0.3, 0.4) is 0 Å². The predicted molar refractivity (Wildman–Crippen MR) is 106 cm³/mol. The molecule has 1 amide bonds. The third-order valence-corrected chi connectivity index (χ3v) is 5.23. The number of hydrogen-bond acceptors (Lipinski definition) is 5. The number of benzene rings is 2. The minimum absolute atomic E-state index is 0.0758. The Labute approximate surface area is 162 Å². The zero-order valence-electron chi connectivity index (χ0n) is 14.6. The maximum Gasteiger partial charge on any atom is 0.259 e. The van der Waals surface area contributed by atoms with Gasteiger partial charge < -0.3 is 9.47 Å². The SMILES string of the molecule is COc1ccc(N=C2SCCCN2C(=O)c2ccc(Cl)cc2)cc1OC. The van der Waals surface area contributed by atoms with E-state index in [0.29, 0.717) is 39.5 Å². The number of carbonyl (C=O) groups is 1. The highest BCUT2D eigenvalue weighted by Gasteiger charge is 2.25. The summed E-state index contributed by atoms with van der Waals surface area (Å²) in [5.41, 5.74) is 1.30. The Balaban J connectivity index is 1.90. The van der Waals surface area contributed by atoms with E-state index in [4.69, 9.17) is 21.1 Å². The number of amides is 1. The fraction of sp³-hybridized carbons (Fsp3) is 0.263. The Morgan fingerprint density at radius 1 is 1.12 bits per heavy atom. The van der Waals surface area contributed by atoms with Gasteiger partial charge in [0.15, 0.2) is 16.7 Å². The molecule has 1 heterocycles. The number of nitrogens with zero attached hydrogens (tertiary/aromatic N) is 2. The van der Waals surface area contributed by atoms with Gasteiger partial charge in [0.1, 0.15) is 0 Å². The van der Waals surface area contributed by atoms with Crippen molar-refractivity contribution in [2.75, 3.05) is 26.5 Å². The molecule has 0 unspecified atom stereocenters. The normalized spacial score (nSPS) is 15.8. The van der Waals surface area contributed by atoms with Crippen LogP contribution in [0, 0.1) is 0 Å². The molecule has 1 saturated heterocycles. The van der Waals surface area contributed by atoms with Gasteiger partial charge in [0.05, 0.1) is 19.9 Å². The molecule has 2 aromatic rings. The monoisotopic (exact) mass is 390 g/mol. The van der Waals surface area contributed by atoms with E-state index >= 15 is 0 Å². The average Bonchev–Trinajstić information content (AvgIpc) is 2.68. The van der Waals surface area contributed by atoms with Crippen molar-refractivity contribution in [1.29, 1.82) is 0 Å². The number of ether oxygens (including phenoxy) is 2. The Bertz CT molecular complexity index is 824. The second-order valence-corrected chi connectivity index (χ2v) is 7.10. The molecule has 1 aliphatic rings. The number of halogens is 1. The number of hydrogen-bond donors (Lipinski definition) is 0. The van der Waals surface area contributed by atoms with Crippen molar-refractivity contribution in [3.05, 3.63) is 53.1 Å². The fourth-order valence-corrected chi connectivity index (χ4v) is 3.68. The van der Waals surface area contributed by atoms with E-state index in [-0.39, 0.29) is 5.91 Å². The first kappa shape index (κ1) is 18.6. The fourth-order valence-electron chi connectivity index (χ4n) is 2.59. The minimum Gasteiger partial charge on any atom is -0.493 e. The molecule has 1 fully saturated rings. The Hall–Kier alpha value is -2.18. The Morgan fingerprint density at radius 3 is 2.54 bits per heavy atom. The van der Waals surface area contributed by atoms with E-state index in [1.807, 2.05) is 6.07 Å². The van der Waals surface area contributed by atoms with Crippen LogP contribution in [0.1, 0.15) is 16.8 Å². The topological polar surface area (TPSA) is 51.1 Å². The number of aliphatic imine (C=N–C) groups is 1. The second-order valence-electron chi connectivity index (χ2n) is 5.60. The van der Waals surface area contributed by atoms with Crippen LogP contribution in [0.4, 0.5) is 5.69 Å². The number of methoxy groups -OCH3 is 2. The first-order valence-corrected chi connectivity index (χ1v) is 9.49. The van der Waals surface area contributed by atoms with Crippen molar-refractivity contribution in [2.45, 2.75) is 6.42 Å². The molecule has 0 atom stereocenters. The smallest absolute Gasteiger partial charge is 0.259 e. The van der Waals surface area contributed by atoms with Crippen molar-refractivity contribution in [3.63, 3.8) is 0 Å². The molecule has 2 aromatic carbocycles. The van der Waals surface area contributed by atoms with Crippen molar-refractivity contribution < 1.29 is 14.3 Å². The lowest BCUT2D eigenvalue weighted by Gasteiger charge is -2.28. The van der Waals surface area contributed by atoms with Crippen molar-refractivity contribution >= 4 is 40.1 Å². The predicted octanol–water partition coefficient (Wildman–Crippen LogP) is 4.62. The Kier molecular flexibility index (Phi) is 6.06. The summed E-state index contributed by atoms with van der Waals surface area (Å²) in [6, 6.07) is 12.3. The van der Waals surface area contributed by atoms with Gasteiger partial charge >= 0.3 is 0 Å². The van der Waals surface area contributed by atoms with E-state index < -0.39 is 0 Å². The van der Waals surface area contributed by atoms with Crippen LogP contribution >= 0.6 is 23.4 Å². The number of thioether (sulfide) groups is 1. The van der Waals surface area contributed by atoms with E-state index in [0.717, 1.165) is 12.2 Å². The summed E-state index contributed by atoms with van der Waals surface area (Å²) in [7, 11) is 3.17. The van der Waals surface area contributed by atoms with E-state index in [1.54, 1.807) is 67.3 Å². The van der Waals surface area contributed by atoms with E-state index in [2.05, 4.69) is 4.99 Å². The lowest BCUT2D eigenvalue weighted by Crippen LogP contribution is -2.39. The summed E-state index contributed by atoms with van der Waals surface area (Å²) in [6.07, 6.45) is 0.926. The van der Waals surface area contributed by atoms with Gasteiger partial charge in [-0.1, -0.05) is 23.4 Å². The Morgan fingerprint density at radius 2 is 1.85 bits per heavy atom. The molecule has 7 heteroatoms. The maximum absolute atomic E-state index is 12.9. The molecule has 26 heavy (non-hydrogen) atoms. The van der Waals surface area contributed by atoms with Crippen LogP contribution in [0.2, 0.25) is 5.02 Å². The minimum atomic E-state index is -0.0758. The maximum atomic E-state index is 12.9. The average molecular weight is 391 g/mol. The lowest BCUT2D eigenvalue weighted by molar-refractivity contribution is 0.0849. The third-order valence-electron chi connectivity index (χ3n) is 3.92. The van der Waals surface area contributed by atoms with Gasteiger partial charge in [0, 0.05) is 29.0 Å². The zero-order chi connectivity index (χ0) is 18.5. The summed E-state index contributed by atoms with van der Waals surface area (Å²) in [5.74, 6) is 2.09. The van der Waals surface area contributed by atoms with Crippen LogP contribution in [0.25, 0.3) is 0 Å². The number of rotatable bonds is 4. The van der Waals surface area contributed by atoms with Gasteiger partial charge in [0.2, 0.25) is 0 Å². The summed E-state index contributed by atoms with van der Waals surface area (Å²) >= 11 is 7.49. The van der Waals surface area contributed by atoms with Crippen molar-refractivity contribution in [2.24, 2.45) is 4.99 Å². The highest BCUT2D eigenvalue weighted by molar-refractivity contribution is 8.13. The van der Waals surface area contributed by atoms with Gasteiger partial charge in [-0.15, -0.1) is 0 Å². The molecule has 3 rings (SSSR count). The molecule has 1 aliphatic heterocycles. The molecule has 0 saturated carbocycles. The van der Waals surface area contributed by atoms with Crippen LogP contribution < -0.4 is 9.47 Å². The molecule has 0 N–H and O–H groups in total. The second kappa shape index (κ2) is 8.47. The molecule has 0 aromatic heterocycles. The van der Waals surface area contributed by atoms with Crippen LogP contribution in [-0.4, -0.2) is 42.5 Å². The van der Waals surface area contributed by atoms with Crippen molar-refractivity contribution in [1.82, 2.24) is 4.90 Å². The standard InChI is InChI=1S/C19H19ClN2O3S/c1-24-16-9-8-15(12-17(16)25-2)21-19-22(10-3-11-26-19)18(23)13-4-6-14(20)7-5-13/h4-9,12H,3,10-11H2,1-2H3. The van der Waals surface area contributed by atoms with Crippen molar-refractivity contribution in [3.8, 4) is 11.5 Å². The van der Waals surface area contributed by atoms with Gasteiger partial charge in [-0.3, -0.25) is 9.69 Å². The summed E-state index contributed by atoms with van der Waals surface area (Å²) in [5, 5.41) is 1.29. The van der Waals surface area contributed by atoms with Crippen LogP contribution in [0.5, 0.6) is 11.5 Å². The lowest BCUT2D eigenvalue weighted by atomic mass is 10.2. The number of carbonyl (C=O) groups excluding carboxylic acids is 1. The van der Waals surface area contributed by atoms with Gasteiger partial charge in [0.25, 0.3) is 5.91 Å². The molecule has 0 radical (unpaired) electrons. The third kappa shape index (κ3) is 4.14. The summed E-state index contributed by atoms with van der Waals surface area (Å²) in [4.78, 5) is 19.3. The summed E-state index contributed by atoms with van der Waals surface area (Å²) in [6.45, 7) is 0.639. The molecular weight excluding hydrogens is 372 g/mol. The largest absolute Gasteiger partial charge is 0.493 e. The molecule has 136 valence electrons. The zero-order valence-corrected chi connectivity index (χ0v) is 16.1. The first-order chi connectivity index (χ1) is 12.6. The molecule has 0 aliphatic carbocycles. The quantitative estimate of drug-likeness (QED) is 0.764. The molecular formula is C19H19ClN2O3S. The van der Waals surface area contributed by atoms with E-state index in [9.17, 15) is 4.79 Å². The molecule has 5 nitrogen and oxygen atoms in total.